The van der Waals surface area contributed by atoms with Crippen LogP contribution in [0.5, 0.6) is 5.75 Å². The van der Waals surface area contributed by atoms with Crippen molar-refractivity contribution >= 4 is 46.9 Å². The number of ether oxygens (including phenoxy) is 1. The fourth-order valence-electron chi connectivity index (χ4n) is 2.61. The molecule has 0 saturated carbocycles. The van der Waals surface area contributed by atoms with Gasteiger partial charge >= 0.3 is 0 Å². The molecule has 0 spiro atoms. The highest BCUT2D eigenvalue weighted by atomic mass is 35.5. The van der Waals surface area contributed by atoms with Crippen LogP contribution < -0.4 is 15.5 Å². The summed E-state index contributed by atoms with van der Waals surface area (Å²) in [5, 5.41) is 7.51. The van der Waals surface area contributed by atoms with Gasteiger partial charge in [0.15, 0.2) is 0 Å². The second-order valence-electron chi connectivity index (χ2n) is 6.42. The van der Waals surface area contributed by atoms with Crippen molar-refractivity contribution in [3.05, 3.63) is 94.0 Å². The maximum atomic E-state index is 12.0. The number of hydrazone groups is 1. The van der Waals surface area contributed by atoms with E-state index >= 15 is 0 Å². The molecule has 0 aliphatic carbocycles. The van der Waals surface area contributed by atoms with Crippen LogP contribution in [0, 0.1) is 0 Å². The average molecular weight is 456 g/mol. The number of anilines is 1. The van der Waals surface area contributed by atoms with Gasteiger partial charge in [-0.3, -0.25) is 9.59 Å². The van der Waals surface area contributed by atoms with Gasteiger partial charge in [0.25, 0.3) is 0 Å². The van der Waals surface area contributed by atoms with E-state index in [-0.39, 0.29) is 0 Å². The third kappa shape index (κ3) is 6.84. The minimum absolute atomic E-state index is 0.291. The third-order valence-corrected chi connectivity index (χ3v) is 4.82. The smallest absolute Gasteiger partial charge is 0.249 e. The van der Waals surface area contributed by atoms with E-state index in [0.29, 0.717) is 33.7 Å². The van der Waals surface area contributed by atoms with Gasteiger partial charge in [0.2, 0.25) is 11.8 Å². The summed E-state index contributed by atoms with van der Waals surface area (Å²) in [5.41, 5.74) is 4.29. The van der Waals surface area contributed by atoms with Crippen molar-refractivity contribution in [2.75, 3.05) is 5.32 Å². The lowest BCUT2D eigenvalue weighted by Crippen LogP contribution is -2.24. The molecule has 158 valence electrons. The van der Waals surface area contributed by atoms with E-state index in [1.807, 2.05) is 30.3 Å². The highest BCUT2D eigenvalue weighted by Crippen LogP contribution is 2.21. The molecule has 3 rings (SSSR count). The molecule has 0 aromatic heterocycles. The largest absolute Gasteiger partial charge is 0.488 e. The summed E-state index contributed by atoms with van der Waals surface area (Å²) in [6, 6.07) is 21.4. The molecule has 3 aromatic rings. The van der Waals surface area contributed by atoms with Gasteiger partial charge in [-0.2, -0.15) is 5.10 Å². The monoisotopic (exact) mass is 455 g/mol. The Balaban J connectivity index is 1.53. The molecule has 0 radical (unpaired) electrons. The number of carbonyl (C=O) groups is 2. The zero-order valence-electron chi connectivity index (χ0n) is 16.3. The quantitative estimate of drug-likeness (QED) is 0.283. The summed E-state index contributed by atoms with van der Waals surface area (Å²) in [4.78, 5) is 24.0. The third-order valence-electron chi connectivity index (χ3n) is 4.12. The van der Waals surface area contributed by atoms with Gasteiger partial charge in [0.1, 0.15) is 18.8 Å². The maximum Gasteiger partial charge on any atom is 0.249 e. The van der Waals surface area contributed by atoms with Crippen LogP contribution in [-0.4, -0.2) is 18.0 Å². The molecule has 0 bridgehead atoms. The maximum absolute atomic E-state index is 12.0. The number of hydrogen-bond acceptors (Lipinski definition) is 4. The van der Waals surface area contributed by atoms with Crippen LogP contribution in [-0.2, 0) is 16.2 Å². The van der Waals surface area contributed by atoms with Crippen molar-refractivity contribution in [1.29, 1.82) is 0 Å². The van der Waals surface area contributed by atoms with Gasteiger partial charge < -0.3 is 10.1 Å². The predicted molar refractivity (Wildman–Crippen MR) is 123 cm³/mol. The van der Waals surface area contributed by atoms with Crippen LogP contribution in [0.1, 0.15) is 17.5 Å². The number of nitrogens with one attached hydrogen (secondary N) is 2. The van der Waals surface area contributed by atoms with Crippen LogP contribution in [0.15, 0.2) is 77.9 Å². The zero-order chi connectivity index (χ0) is 22.1. The SMILES string of the molecule is O=C(CC(=O)Nc1ccccc1Cl)NN=Cc1ccccc1OCc1ccccc1Cl. The van der Waals surface area contributed by atoms with Gasteiger partial charge in [0.05, 0.1) is 16.9 Å². The number of hydrogen-bond donors (Lipinski definition) is 2. The van der Waals surface area contributed by atoms with E-state index in [1.165, 1.54) is 6.21 Å². The van der Waals surface area contributed by atoms with Gasteiger partial charge in [-0.1, -0.05) is 65.7 Å². The molecule has 0 fully saturated rings. The number of benzene rings is 3. The Morgan fingerprint density at radius 3 is 2.32 bits per heavy atom. The van der Waals surface area contributed by atoms with Gasteiger partial charge in [-0.25, -0.2) is 5.43 Å². The lowest BCUT2D eigenvalue weighted by atomic mass is 10.2. The number of para-hydroxylation sites is 2. The van der Waals surface area contributed by atoms with E-state index in [4.69, 9.17) is 27.9 Å². The van der Waals surface area contributed by atoms with Crippen molar-refractivity contribution in [3.8, 4) is 5.75 Å². The van der Waals surface area contributed by atoms with Gasteiger partial charge in [0, 0.05) is 16.1 Å². The molecule has 2 N–H and O–H groups in total. The molecule has 2 amide bonds. The Morgan fingerprint density at radius 2 is 1.55 bits per heavy atom. The lowest BCUT2D eigenvalue weighted by molar-refractivity contribution is -0.126. The van der Waals surface area contributed by atoms with E-state index in [2.05, 4.69) is 15.8 Å². The summed E-state index contributed by atoms with van der Waals surface area (Å²) in [6.07, 6.45) is 1.05. The first-order valence-corrected chi connectivity index (χ1v) is 10.1. The number of halogens is 2. The van der Waals surface area contributed by atoms with Crippen molar-refractivity contribution in [3.63, 3.8) is 0 Å². The van der Waals surface area contributed by atoms with Crippen LogP contribution in [0.3, 0.4) is 0 Å². The first kappa shape index (κ1) is 22.3. The van der Waals surface area contributed by atoms with E-state index < -0.39 is 18.2 Å². The summed E-state index contributed by atoms with van der Waals surface area (Å²) in [5.74, 6) is -0.476. The summed E-state index contributed by atoms with van der Waals surface area (Å²) in [6.45, 7) is 0.291. The van der Waals surface area contributed by atoms with E-state index in [0.717, 1.165) is 5.56 Å². The van der Waals surface area contributed by atoms with Crippen molar-refractivity contribution in [1.82, 2.24) is 5.43 Å². The minimum Gasteiger partial charge on any atom is -0.488 e. The summed E-state index contributed by atoms with van der Waals surface area (Å²) in [7, 11) is 0. The van der Waals surface area contributed by atoms with Crippen LogP contribution >= 0.6 is 23.2 Å². The molecule has 6 nitrogen and oxygen atoms in total. The summed E-state index contributed by atoms with van der Waals surface area (Å²) < 4.78 is 5.84. The Morgan fingerprint density at radius 1 is 0.871 bits per heavy atom. The van der Waals surface area contributed by atoms with Gasteiger partial charge in [-0.15, -0.1) is 0 Å². The molecular formula is C23H19Cl2N3O3. The van der Waals surface area contributed by atoms with Gasteiger partial charge in [-0.05, 0) is 30.3 Å². The van der Waals surface area contributed by atoms with Crippen molar-refractivity contribution in [2.45, 2.75) is 13.0 Å². The number of amides is 2. The highest BCUT2D eigenvalue weighted by Gasteiger charge is 2.10. The molecule has 31 heavy (non-hydrogen) atoms. The van der Waals surface area contributed by atoms with E-state index in [9.17, 15) is 9.59 Å². The van der Waals surface area contributed by atoms with Crippen molar-refractivity contribution in [2.24, 2.45) is 5.10 Å². The summed E-state index contributed by atoms with van der Waals surface area (Å²) >= 11 is 12.1. The fraction of sp³-hybridized carbons (Fsp3) is 0.0870. The lowest BCUT2D eigenvalue weighted by Gasteiger charge is -2.10. The standard InChI is InChI=1S/C23H19Cl2N3O3/c24-18-9-3-1-8-17(18)15-31-21-12-6-2-7-16(21)14-26-28-23(30)13-22(29)27-20-11-5-4-10-19(20)25/h1-12,14H,13,15H2,(H,27,29)(H,28,30). The molecule has 0 aliphatic rings. The normalized spacial score (nSPS) is 10.6. The second kappa shape index (κ2) is 11.2. The average Bonchev–Trinajstić information content (AvgIpc) is 2.75. The Kier molecular flexibility index (Phi) is 8.04. The molecular weight excluding hydrogens is 437 g/mol. The first-order chi connectivity index (χ1) is 15.0. The number of nitrogens with zero attached hydrogens (tertiary/aromatic N) is 1. The highest BCUT2D eigenvalue weighted by molar-refractivity contribution is 6.33. The van der Waals surface area contributed by atoms with Crippen molar-refractivity contribution < 1.29 is 14.3 Å². The molecule has 0 heterocycles. The predicted octanol–water partition coefficient (Wildman–Crippen LogP) is 5.05. The van der Waals surface area contributed by atoms with Crippen LogP contribution in [0.25, 0.3) is 0 Å². The molecule has 0 aliphatic heterocycles. The minimum atomic E-state index is -0.560. The Hall–Kier alpha value is -3.35. The zero-order valence-corrected chi connectivity index (χ0v) is 17.9. The molecule has 0 saturated heterocycles. The van der Waals surface area contributed by atoms with Crippen LogP contribution in [0.2, 0.25) is 10.0 Å². The van der Waals surface area contributed by atoms with Crippen LogP contribution in [0.4, 0.5) is 5.69 Å². The topological polar surface area (TPSA) is 79.8 Å². The molecule has 0 unspecified atom stereocenters. The molecule has 8 heteroatoms. The second-order valence-corrected chi connectivity index (χ2v) is 7.23. The first-order valence-electron chi connectivity index (χ1n) is 9.34. The fourth-order valence-corrected chi connectivity index (χ4v) is 2.98. The van der Waals surface area contributed by atoms with E-state index in [1.54, 1.807) is 42.5 Å². The number of rotatable bonds is 8. The number of carbonyl (C=O) groups excluding carboxylic acids is 2. The molecule has 3 aromatic carbocycles. The Labute approximate surface area is 189 Å². The Bertz CT molecular complexity index is 1100. The molecule has 0 atom stereocenters.